The first-order valence-electron chi connectivity index (χ1n) is 12.9. The molecule has 0 radical (unpaired) electrons. The SMILES string of the molecule is CC[C@H](C)N(Cc1c(C)nn(-c2ccccc2)c1Oc1ccccc1OC)C[C@@H](O)Cc1ccccc1. The zero-order valence-corrected chi connectivity index (χ0v) is 22.2. The van der Waals surface area contributed by atoms with Crippen molar-refractivity contribution < 1.29 is 14.6 Å². The van der Waals surface area contributed by atoms with Crippen molar-refractivity contribution in [2.24, 2.45) is 0 Å². The van der Waals surface area contributed by atoms with Gasteiger partial charge < -0.3 is 14.6 Å². The van der Waals surface area contributed by atoms with Crippen LogP contribution in [0.25, 0.3) is 5.69 Å². The van der Waals surface area contributed by atoms with E-state index in [2.05, 4.69) is 30.9 Å². The second-order valence-corrected chi connectivity index (χ2v) is 9.40. The van der Waals surface area contributed by atoms with Gasteiger partial charge in [-0.2, -0.15) is 5.10 Å². The molecule has 6 heteroatoms. The topological polar surface area (TPSA) is 59.8 Å². The third kappa shape index (κ3) is 6.59. The standard InChI is InChI=1S/C31H37N3O3/c1-5-23(2)33(21-27(35)20-25-14-8-6-9-15-25)22-28-24(3)32-34(26-16-10-7-11-17-26)31(28)37-30-19-13-12-18-29(30)36-4/h6-19,23,27,35H,5,20-22H2,1-4H3/t23-,27-/m0/s1. The molecule has 4 aromatic rings. The first-order chi connectivity index (χ1) is 18.0. The smallest absolute Gasteiger partial charge is 0.227 e. The molecule has 0 aliphatic carbocycles. The second kappa shape index (κ2) is 12.6. The van der Waals surface area contributed by atoms with Gasteiger partial charge in [0.05, 0.1) is 30.2 Å². The summed E-state index contributed by atoms with van der Waals surface area (Å²) in [7, 11) is 1.64. The van der Waals surface area contributed by atoms with E-state index in [9.17, 15) is 5.11 Å². The zero-order valence-electron chi connectivity index (χ0n) is 22.2. The van der Waals surface area contributed by atoms with E-state index in [-0.39, 0.29) is 6.04 Å². The lowest BCUT2D eigenvalue weighted by molar-refractivity contribution is 0.0843. The van der Waals surface area contributed by atoms with Gasteiger partial charge in [0, 0.05) is 19.1 Å². The molecule has 1 N–H and O–H groups in total. The molecule has 0 bridgehead atoms. The monoisotopic (exact) mass is 499 g/mol. The van der Waals surface area contributed by atoms with Gasteiger partial charge in [-0.05, 0) is 56.5 Å². The van der Waals surface area contributed by atoms with E-state index in [1.807, 2.05) is 84.4 Å². The fourth-order valence-corrected chi connectivity index (χ4v) is 4.46. The minimum atomic E-state index is -0.487. The van der Waals surface area contributed by atoms with E-state index in [1.165, 1.54) is 0 Å². The lowest BCUT2D eigenvalue weighted by atomic mass is 10.1. The van der Waals surface area contributed by atoms with Crippen molar-refractivity contribution in [3.05, 3.63) is 102 Å². The molecule has 0 aliphatic heterocycles. The summed E-state index contributed by atoms with van der Waals surface area (Å²) in [5.74, 6) is 1.94. The van der Waals surface area contributed by atoms with Gasteiger partial charge >= 0.3 is 0 Å². The molecule has 0 aliphatic rings. The Balaban J connectivity index is 1.68. The third-order valence-electron chi connectivity index (χ3n) is 6.75. The number of methoxy groups -OCH3 is 1. The Kier molecular flexibility index (Phi) is 8.99. The molecule has 0 fully saturated rings. The van der Waals surface area contributed by atoms with Crippen molar-refractivity contribution in [3.63, 3.8) is 0 Å². The number of hydrogen-bond acceptors (Lipinski definition) is 5. The van der Waals surface area contributed by atoms with Crippen LogP contribution in [0.1, 0.15) is 37.1 Å². The van der Waals surface area contributed by atoms with Gasteiger partial charge in [-0.15, -0.1) is 0 Å². The predicted molar refractivity (Wildman–Crippen MR) is 148 cm³/mol. The number of rotatable bonds is 12. The van der Waals surface area contributed by atoms with Crippen molar-refractivity contribution in [1.29, 1.82) is 0 Å². The molecule has 194 valence electrons. The summed E-state index contributed by atoms with van der Waals surface area (Å²) in [5.41, 5.74) is 3.93. The maximum atomic E-state index is 11.0. The Hall–Kier alpha value is -3.61. The van der Waals surface area contributed by atoms with Gasteiger partial charge in [-0.1, -0.05) is 67.6 Å². The van der Waals surface area contributed by atoms with Crippen molar-refractivity contribution in [1.82, 2.24) is 14.7 Å². The molecule has 2 atom stereocenters. The number of aryl methyl sites for hydroxylation is 1. The summed E-state index contributed by atoms with van der Waals surface area (Å²) < 4.78 is 14.0. The average molecular weight is 500 g/mol. The number of benzene rings is 3. The highest BCUT2D eigenvalue weighted by molar-refractivity contribution is 5.47. The van der Waals surface area contributed by atoms with E-state index < -0.39 is 6.10 Å². The third-order valence-corrected chi connectivity index (χ3v) is 6.75. The quantitative estimate of drug-likeness (QED) is 0.252. The summed E-state index contributed by atoms with van der Waals surface area (Å²) in [6.45, 7) is 7.54. The average Bonchev–Trinajstić information content (AvgIpc) is 3.23. The minimum Gasteiger partial charge on any atom is -0.493 e. The molecular weight excluding hydrogens is 462 g/mol. The Morgan fingerprint density at radius 1 is 0.919 bits per heavy atom. The maximum absolute atomic E-state index is 11.0. The largest absolute Gasteiger partial charge is 0.493 e. The van der Waals surface area contributed by atoms with Gasteiger partial charge in [0.15, 0.2) is 11.5 Å². The fraction of sp³-hybridized carbons (Fsp3) is 0.323. The summed E-state index contributed by atoms with van der Waals surface area (Å²) in [6, 6.07) is 28.0. The molecule has 0 unspecified atom stereocenters. The number of ether oxygens (including phenoxy) is 2. The molecule has 0 saturated carbocycles. The first-order valence-corrected chi connectivity index (χ1v) is 12.9. The summed E-state index contributed by atoms with van der Waals surface area (Å²) in [5, 5.41) is 15.9. The van der Waals surface area contributed by atoms with Crippen molar-refractivity contribution >= 4 is 0 Å². The predicted octanol–water partition coefficient (Wildman–Crippen LogP) is 6.19. The lowest BCUT2D eigenvalue weighted by Gasteiger charge is -2.30. The zero-order chi connectivity index (χ0) is 26.2. The minimum absolute atomic E-state index is 0.268. The van der Waals surface area contributed by atoms with Gasteiger partial charge in [0.2, 0.25) is 5.88 Å². The fourth-order valence-electron chi connectivity index (χ4n) is 4.46. The van der Waals surface area contributed by atoms with Crippen molar-refractivity contribution in [3.8, 4) is 23.1 Å². The van der Waals surface area contributed by atoms with E-state index >= 15 is 0 Å². The number of para-hydroxylation sites is 3. The number of nitrogens with zero attached hydrogens (tertiary/aromatic N) is 3. The summed E-state index contributed by atoms with van der Waals surface area (Å²) >= 11 is 0. The van der Waals surface area contributed by atoms with E-state index in [1.54, 1.807) is 7.11 Å². The van der Waals surface area contributed by atoms with Crippen molar-refractivity contribution in [2.45, 2.75) is 52.3 Å². The molecule has 1 heterocycles. The van der Waals surface area contributed by atoms with Gasteiger partial charge in [0.25, 0.3) is 0 Å². The highest BCUT2D eigenvalue weighted by atomic mass is 16.5. The molecule has 3 aromatic carbocycles. The number of hydrogen-bond donors (Lipinski definition) is 1. The van der Waals surface area contributed by atoms with Gasteiger partial charge in [0.1, 0.15) is 0 Å². The first kappa shape index (κ1) is 26.5. The summed E-state index contributed by atoms with van der Waals surface area (Å²) in [6.07, 6.45) is 1.09. The molecule has 6 nitrogen and oxygen atoms in total. The van der Waals surface area contributed by atoms with Crippen LogP contribution in [0.4, 0.5) is 0 Å². The van der Waals surface area contributed by atoms with Crippen LogP contribution in [-0.4, -0.2) is 45.6 Å². The molecule has 1 aromatic heterocycles. The molecule has 0 amide bonds. The van der Waals surface area contributed by atoms with Crippen LogP contribution in [0.3, 0.4) is 0 Å². The van der Waals surface area contributed by atoms with Crippen LogP contribution in [0, 0.1) is 6.92 Å². The van der Waals surface area contributed by atoms with Crippen LogP contribution in [-0.2, 0) is 13.0 Å². The van der Waals surface area contributed by atoms with Gasteiger partial charge in [-0.25, -0.2) is 4.68 Å². The molecule has 4 rings (SSSR count). The summed E-state index contributed by atoms with van der Waals surface area (Å²) in [4.78, 5) is 2.32. The number of aliphatic hydroxyl groups excluding tert-OH is 1. The normalized spacial score (nSPS) is 12.9. The Morgan fingerprint density at radius 2 is 1.54 bits per heavy atom. The maximum Gasteiger partial charge on any atom is 0.227 e. The van der Waals surface area contributed by atoms with E-state index in [4.69, 9.17) is 14.6 Å². The highest BCUT2D eigenvalue weighted by Crippen LogP contribution is 2.36. The highest BCUT2D eigenvalue weighted by Gasteiger charge is 2.25. The molecule has 0 saturated heterocycles. The van der Waals surface area contributed by atoms with Crippen LogP contribution < -0.4 is 9.47 Å². The number of aromatic nitrogens is 2. The lowest BCUT2D eigenvalue weighted by Crippen LogP contribution is -2.39. The Morgan fingerprint density at radius 3 is 2.19 bits per heavy atom. The molecule has 0 spiro atoms. The Bertz CT molecular complexity index is 1260. The van der Waals surface area contributed by atoms with Crippen molar-refractivity contribution in [2.75, 3.05) is 13.7 Å². The number of aliphatic hydroxyl groups is 1. The Labute approximate surface area is 220 Å². The van der Waals surface area contributed by atoms with Crippen LogP contribution in [0.5, 0.6) is 17.4 Å². The second-order valence-electron chi connectivity index (χ2n) is 9.40. The van der Waals surface area contributed by atoms with Crippen LogP contribution in [0.15, 0.2) is 84.9 Å². The van der Waals surface area contributed by atoms with Crippen LogP contribution in [0.2, 0.25) is 0 Å². The van der Waals surface area contributed by atoms with E-state index in [0.717, 1.165) is 28.9 Å². The molecule has 37 heavy (non-hydrogen) atoms. The van der Waals surface area contributed by atoms with E-state index in [0.29, 0.717) is 36.9 Å². The van der Waals surface area contributed by atoms with Crippen LogP contribution >= 0.6 is 0 Å². The van der Waals surface area contributed by atoms with Gasteiger partial charge in [-0.3, -0.25) is 4.90 Å². The molecular formula is C31H37N3O3.